The highest BCUT2D eigenvalue weighted by atomic mass is 16.5. The second kappa shape index (κ2) is 4.87. The van der Waals surface area contributed by atoms with Gasteiger partial charge in [-0.1, -0.05) is 19.9 Å². The number of ether oxygens (including phenoxy) is 1. The molecule has 124 valence electrons. The zero-order valence-corrected chi connectivity index (χ0v) is 14.2. The van der Waals surface area contributed by atoms with Crippen LogP contribution >= 0.6 is 0 Å². The standard InChI is InChI=1S/C20H17N3O2/c1-20(2)13-8-16(25-3)14(22)7-12(13)18(24)17-11-5-4-10(9-21)6-15(11)23-19(17)20/h4-8,23H,22H2,1-3H3. The highest BCUT2D eigenvalue weighted by Crippen LogP contribution is 2.45. The first-order valence-electron chi connectivity index (χ1n) is 7.97. The number of nitrogen functional groups attached to an aromatic ring is 1. The van der Waals surface area contributed by atoms with Crippen LogP contribution in [0, 0.1) is 11.3 Å². The number of nitrogens with two attached hydrogens (primary N) is 1. The number of hydrogen-bond donors (Lipinski definition) is 2. The Hall–Kier alpha value is -3.26. The van der Waals surface area contributed by atoms with Crippen molar-refractivity contribution in [3.63, 3.8) is 0 Å². The first kappa shape index (κ1) is 15.3. The number of ketones is 1. The van der Waals surface area contributed by atoms with Crippen molar-refractivity contribution in [2.75, 3.05) is 12.8 Å². The van der Waals surface area contributed by atoms with E-state index in [1.807, 2.05) is 12.1 Å². The van der Waals surface area contributed by atoms with Crippen molar-refractivity contribution >= 4 is 22.4 Å². The summed E-state index contributed by atoms with van der Waals surface area (Å²) in [6.45, 7) is 4.13. The largest absolute Gasteiger partial charge is 0.495 e. The number of anilines is 1. The topological polar surface area (TPSA) is 91.9 Å². The second-order valence-electron chi connectivity index (χ2n) is 6.84. The van der Waals surface area contributed by atoms with Crippen LogP contribution in [0.25, 0.3) is 10.9 Å². The minimum Gasteiger partial charge on any atom is -0.495 e. The zero-order chi connectivity index (χ0) is 17.9. The number of benzene rings is 2. The van der Waals surface area contributed by atoms with Crippen molar-refractivity contribution in [1.82, 2.24) is 4.98 Å². The fourth-order valence-electron chi connectivity index (χ4n) is 3.72. The van der Waals surface area contributed by atoms with E-state index in [1.165, 1.54) is 0 Å². The molecule has 0 amide bonds. The van der Waals surface area contributed by atoms with E-state index in [9.17, 15) is 4.79 Å². The van der Waals surface area contributed by atoms with E-state index in [1.54, 1.807) is 25.3 Å². The molecular weight excluding hydrogens is 314 g/mol. The van der Waals surface area contributed by atoms with Crippen LogP contribution in [0.4, 0.5) is 5.69 Å². The zero-order valence-electron chi connectivity index (χ0n) is 14.2. The fraction of sp³-hybridized carbons (Fsp3) is 0.200. The molecule has 0 radical (unpaired) electrons. The summed E-state index contributed by atoms with van der Waals surface area (Å²) in [5, 5.41) is 9.95. The minimum absolute atomic E-state index is 0.0605. The molecule has 1 aromatic heterocycles. The van der Waals surface area contributed by atoms with Crippen molar-refractivity contribution < 1.29 is 9.53 Å². The lowest BCUT2D eigenvalue weighted by atomic mass is 9.71. The van der Waals surface area contributed by atoms with Gasteiger partial charge in [-0.05, 0) is 29.8 Å². The first-order chi connectivity index (χ1) is 11.9. The van der Waals surface area contributed by atoms with Crippen LogP contribution in [0.2, 0.25) is 0 Å². The molecule has 5 nitrogen and oxygen atoms in total. The second-order valence-corrected chi connectivity index (χ2v) is 6.84. The van der Waals surface area contributed by atoms with Crippen molar-refractivity contribution in [3.8, 4) is 11.8 Å². The molecule has 3 aromatic rings. The summed E-state index contributed by atoms with van der Waals surface area (Å²) in [5.74, 6) is 0.501. The van der Waals surface area contributed by atoms with E-state index < -0.39 is 5.41 Å². The van der Waals surface area contributed by atoms with Crippen LogP contribution in [0.1, 0.15) is 46.6 Å². The molecule has 3 N–H and O–H groups in total. The molecule has 0 bridgehead atoms. The summed E-state index contributed by atoms with van der Waals surface area (Å²) < 4.78 is 5.33. The number of methoxy groups -OCH3 is 1. The minimum atomic E-state index is -0.425. The molecule has 0 spiro atoms. The summed E-state index contributed by atoms with van der Waals surface area (Å²) >= 11 is 0. The third-order valence-electron chi connectivity index (χ3n) is 5.07. The number of aromatic nitrogens is 1. The molecule has 2 aromatic carbocycles. The lowest BCUT2D eigenvalue weighted by molar-refractivity contribution is 0.103. The number of rotatable bonds is 1. The molecule has 25 heavy (non-hydrogen) atoms. The normalized spacial score (nSPS) is 14.7. The van der Waals surface area contributed by atoms with E-state index in [0.29, 0.717) is 28.1 Å². The maximum Gasteiger partial charge on any atom is 0.195 e. The van der Waals surface area contributed by atoms with Crippen LogP contribution in [-0.4, -0.2) is 17.9 Å². The third-order valence-corrected chi connectivity index (χ3v) is 5.07. The number of H-pyrrole nitrogens is 1. The number of carbonyl (C=O) groups excluding carboxylic acids is 1. The monoisotopic (exact) mass is 331 g/mol. The van der Waals surface area contributed by atoms with Crippen LogP contribution in [0.5, 0.6) is 5.75 Å². The number of carbonyl (C=O) groups is 1. The molecular formula is C20H17N3O2. The van der Waals surface area contributed by atoms with Crippen molar-refractivity contribution in [2.24, 2.45) is 0 Å². The predicted molar refractivity (Wildman–Crippen MR) is 96.0 cm³/mol. The summed E-state index contributed by atoms with van der Waals surface area (Å²) in [5.41, 5.74) is 10.4. The summed E-state index contributed by atoms with van der Waals surface area (Å²) in [7, 11) is 1.56. The molecule has 0 atom stereocenters. The Morgan fingerprint density at radius 1 is 1.24 bits per heavy atom. The summed E-state index contributed by atoms with van der Waals surface area (Å²) in [4.78, 5) is 16.6. The summed E-state index contributed by atoms with van der Waals surface area (Å²) in [6.07, 6.45) is 0. The van der Waals surface area contributed by atoms with Gasteiger partial charge in [0.05, 0.1) is 30.0 Å². The van der Waals surface area contributed by atoms with Crippen LogP contribution in [0.15, 0.2) is 30.3 Å². The van der Waals surface area contributed by atoms with E-state index in [-0.39, 0.29) is 5.78 Å². The average molecular weight is 331 g/mol. The van der Waals surface area contributed by atoms with Gasteiger partial charge in [-0.3, -0.25) is 4.79 Å². The van der Waals surface area contributed by atoms with Gasteiger partial charge in [0, 0.05) is 27.6 Å². The maximum absolute atomic E-state index is 13.2. The molecule has 0 fully saturated rings. The molecule has 1 heterocycles. The van der Waals surface area contributed by atoms with Gasteiger partial charge in [0.25, 0.3) is 0 Å². The Morgan fingerprint density at radius 2 is 2.00 bits per heavy atom. The van der Waals surface area contributed by atoms with E-state index in [4.69, 9.17) is 15.7 Å². The lowest BCUT2D eigenvalue weighted by Crippen LogP contribution is -2.30. The first-order valence-corrected chi connectivity index (χ1v) is 7.97. The number of nitrogens with zero attached hydrogens (tertiary/aromatic N) is 1. The van der Waals surface area contributed by atoms with Gasteiger partial charge < -0.3 is 15.5 Å². The lowest BCUT2D eigenvalue weighted by Gasteiger charge is -2.32. The van der Waals surface area contributed by atoms with Gasteiger partial charge in [-0.25, -0.2) is 0 Å². The molecule has 0 saturated carbocycles. The Balaban J connectivity index is 2.07. The van der Waals surface area contributed by atoms with Gasteiger partial charge in [-0.15, -0.1) is 0 Å². The van der Waals surface area contributed by atoms with Gasteiger partial charge in [0.2, 0.25) is 0 Å². The third kappa shape index (κ3) is 1.91. The maximum atomic E-state index is 13.2. The average Bonchev–Trinajstić information content (AvgIpc) is 2.99. The number of aromatic amines is 1. The van der Waals surface area contributed by atoms with Crippen LogP contribution in [-0.2, 0) is 5.41 Å². The van der Waals surface area contributed by atoms with Gasteiger partial charge in [-0.2, -0.15) is 5.26 Å². The SMILES string of the molecule is COc1cc2c(cc1N)C(=O)c1c([nH]c3cc(C#N)ccc13)C2(C)C. The molecule has 4 rings (SSSR count). The van der Waals surface area contributed by atoms with Gasteiger partial charge >= 0.3 is 0 Å². The smallest absolute Gasteiger partial charge is 0.195 e. The molecule has 1 aliphatic rings. The Labute approximate surface area is 145 Å². The van der Waals surface area contributed by atoms with Crippen LogP contribution in [0.3, 0.4) is 0 Å². The van der Waals surface area contributed by atoms with Crippen LogP contribution < -0.4 is 10.5 Å². The quantitative estimate of drug-likeness (QED) is 0.668. The van der Waals surface area contributed by atoms with Crippen molar-refractivity contribution in [1.29, 1.82) is 5.26 Å². The van der Waals surface area contributed by atoms with Gasteiger partial charge in [0.1, 0.15) is 5.75 Å². The van der Waals surface area contributed by atoms with Crippen molar-refractivity contribution in [2.45, 2.75) is 19.3 Å². The fourth-order valence-corrected chi connectivity index (χ4v) is 3.72. The number of nitriles is 1. The Bertz CT molecular complexity index is 1100. The molecule has 1 aliphatic carbocycles. The number of hydrogen-bond acceptors (Lipinski definition) is 4. The Kier molecular flexibility index (Phi) is 2.98. The van der Waals surface area contributed by atoms with E-state index in [2.05, 4.69) is 24.9 Å². The molecule has 0 unspecified atom stereocenters. The number of fused-ring (bicyclic) bond motifs is 4. The van der Waals surface area contributed by atoms with Gasteiger partial charge in [0.15, 0.2) is 5.78 Å². The molecule has 0 aliphatic heterocycles. The van der Waals surface area contributed by atoms with E-state index >= 15 is 0 Å². The van der Waals surface area contributed by atoms with E-state index in [0.717, 1.165) is 22.2 Å². The number of nitrogens with one attached hydrogen (secondary N) is 1. The predicted octanol–water partition coefficient (Wildman–Crippen LogP) is 3.50. The Morgan fingerprint density at radius 3 is 2.68 bits per heavy atom. The summed E-state index contributed by atoms with van der Waals surface area (Å²) in [6, 6.07) is 11.0. The highest BCUT2D eigenvalue weighted by molar-refractivity contribution is 6.20. The molecule has 0 saturated heterocycles. The van der Waals surface area contributed by atoms with Crippen molar-refractivity contribution in [3.05, 3.63) is 58.3 Å². The molecule has 5 heteroatoms. The highest BCUT2D eigenvalue weighted by Gasteiger charge is 2.40.